The second kappa shape index (κ2) is 6.38. The quantitative estimate of drug-likeness (QED) is 0.867. The first kappa shape index (κ1) is 16.0. The molecule has 20 heavy (non-hydrogen) atoms. The number of benzene rings is 1. The molecule has 0 radical (unpaired) electrons. The van der Waals surface area contributed by atoms with Crippen LogP contribution in [0.2, 0.25) is 0 Å². The van der Waals surface area contributed by atoms with Crippen molar-refractivity contribution in [3.63, 3.8) is 0 Å². The lowest BCUT2D eigenvalue weighted by Gasteiger charge is -2.23. The maximum Gasteiger partial charge on any atom is 0.308 e. The third-order valence-electron chi connectivity index (χ3n) is 2.85. The molecule has 108 valence electrons. The molecule has 0 saturated heterocycles. The van der Waals surface area contributed by atoms with Crippen molar-refractivity contribution in [2.45, 2.75) is 27.2 Å². The number of rotatable bonds is 5. The van der Waals surface area contributed by atoms with E-state index in [9.17, 15) is 14.3 Å². The zero-order chi connectivity index (χ0) is 15.3. The van der Waals surface area contributed by atoms with Gasteiger partial charge in [0.2, 0.25) is 0 Å². The third kappa shape index (κ3) is 4.88. The molecule has 1 unspecified atom stereocenters. The number of carbonyl (C=O) groups is 1. The van der Waals surface area contributed by atoms with Crippen molar-refractivity contribution < 1.29 is 14.3 Å². The normalized spacial score (nSPS) is 12.6. The summed E-state index contributed by atoms with van der Waals surface area (Å²) in [5, 5.41) is 21.1. The number of hydrogen-bond donors (Lipinski definition) is 2. The zero-order valence-corrected chi connectivity index (χ0v) is 11.9. The Labute approximate surface area is 118 Å². The van der Waals surface area contributed by atoms with E-state index in [0.29, 0.717) is 12.1 Å². The molecule has 0 amide bonds. The van der Waals surface area contributed by atoms with Crippen LogP contribution in [0.5, 0.6) is 0 Å². The van der Waals surface area contributed by atoms with Crippen molar-refractivity contribution in [1.29, 1.82) is 5.26 Å². The minimum absolute atomic E-state index is 0.106. The molecule has 0 aliphatic carbocycles. The van der Waals surface area contributed by atoms with Gasteiger partial charge in [0.25, 0.3) is 0 Å². The van der Waals surface area contributed by atoms with E-state index in [1.165, 1.54) is 12.1 Å². The van der Waals surface area contributed by atoms with Gasteiger partial charge >= 0.3 is 5.97 Å². The number of nitriles is 1. The van der Waals surface area contributed by atoms with Gasteiger partial charge in [0.05, 0.1) is 17.2 Å². The standard InChI is InChI=1S/C15H19FN2O2/c1-15(2,3)7-11(14(19)20)9-18-13-5-4-12(16)6-10(13)8-17/h4-6,11,18H,7,9H2,1-3H3,(H,19,20). The molecule has 1 aromatic rings. The molecule has 0 aliphatic heterocycles. The number of carboxylic acid groups (broad SMARTS) is 1. The highest BCUT2D eigenvalue weighted by molar-refractivity contribution is 5.71. The van der Waals surface area contributed by atoms with Crippen LogP contribution in [0.3, 0.4) is 0 Å². The van der Waals surface area contributed by atoms with E-state index in [1.54, 1.807) is 0 Å². The SMILES string of the molecule is CC(C)(C)CC(CNc1ccc(F)cc1C#N)C(=O)O. The van der Waals surface area contributed by atoms with Crippen LogP contribution in [0.1, 0.15) is 32.8 Å². The van der Waals surface area contributed by atoms with Gasteiger partial charge in [0, 0.05) is 6.54 Å². The Balaban J connectivity index is 2.78. The molecule has 0 saturated carbocycles. The average Bonchev–Trinajstić information content (AvgIpc) is 2.33. The summed E-state index contributed by atoms with van der Waals surface area (Å²) in [6, 6.07) is 5.70. The van der Waals surface area contributed by atoms with Crippen LogP contribution >= 0.6 is 0 Å². The number of nitrogens with one attached hydrogen (secondary N) is 1. The van der Waals surface area contributed by atoms with E-state index in [2.05, 4.69) is 5.32 Å². The lowest BCUT2D eigenvalue weighted by Crippen LogP contribution is -2.27. The van der Waals surface area contributed by atoms with Crippen LogP contribution in [-0.2, 0) is 4.79 Å². The molecule has 0 bridgehead atoms. The number of anilines is 1. The summed E-state index contributed by atoms with van der Waals surface area (Å²) in [6.45, 7) is 6.12. The molecule has 0 fully saturated rings. The molecule has 0 heterocycles. The summed E-state index contributed by atoms with van der Waals surface area (Å²) in [6.07, 6.45) is 0.512. The van der Waals surface area contributed by atoms with Crippen LogP contribution in [0, 0.1) is 28.5 Å². The van der Waals surface area contributed by atoms with E-state index < -0.39 is 17.7 Å². The smallest absolute Gasteiger partial charge is 0.308 e. The summed E-state index contributed by atoms with van der Waals surface area (Å²) < 4.78 is 13.0. The Morgan fingerprint density at radius 1 is 1.50 bits per heavy atom. The van der Waals surface area contributed by atoms with Gasteiger partial charge in [0.1, 0.15) is 11.9 Å². The van der Waals surface area contributed by atoms with Crippen molar-refractivity contribution in [2.75, 3.05) is 11.9 Å². The number of hydrogen-bond acceptors (Lipinski definition) is 3. The molecule has 0 aliphatic rings. The van der Waals surface area contributed by atoms with Crippen LogP contribution in [0.25, 0.3) is 0 Å². The highest BCUT2D eigenvalue weighted by Gasteiger charge is 2.24. The zero-order valence-electron chi connectivity index (χ0n) is 11.9. The fourth-order valence-electron chi connectivity index (χ4n) is 1.98. The molecule has 1 atom stereocenters. The van der Waals surface area contributed by atoms with Crippen molar-refractivity contribution >= 4 is 11.7 Å². The minimum Gasteiger partial charge on any atom is -0.481 e. The van der Waals surface area contributed by atoms with E-state index in [-0.39, 0.29) is 17.5 Å². The molecule has 2 N–H and O–H groups in total. The first-order chi connectivity index (χ1) is 9.23. The number of carboxylic acids is 1. The number of halogens is 1. The summed E-state index contributed by atoms with van der Waals surface area (Å²) in [5.41, 5.74) is 0.518. The van der Waals surface area contributed by atoms with E-state index in [0.717, 1.165) is 6.07 Å². The summed E-state index contributed by atoms with van der Waals surface area (Å²) in [7, 11) is 0. The second-order valence-corrected chi connectivity index (χ2v) is 5.98. The Morgan fingerprint density at radius 3 is 2.65 bits per heavy atom. The van der Waals surface area contributed by atoms with Crippen LogP contribution < -0.4 is 5.32 Å². The van der Waals surface area contributed by atoms with Crippen molar-refractivity contribution in [2.24, 2.45) is 11.3 Å². The molecule has 1 aromatic carbocycles. The highest BCUT2D eigenvalue weighted by atomic mass is 19.1. The van der Waals surface area contributed by atoms with Gasteiger partial charge in [-0.1, -0.05) is 20.8 Å². The number of nitrogens with zero attached hydrogens (tertiary/aromatic N) is 1. The lowest BCUT2D eigenvalue weighted by atomic mass is 9.84. The summed E-state index contributed by atoms with van der Waals surface area (Å²) in [4.78, 5) is 11.2. The molecule has 4 nitrogen and oxygen atoms in total. The highest BCUT2D eigenvalue weighted by Crippen LogP contribution is 2.25. The van der Waals surface area contributed by atoms with Gasteiger partial charge in [-0.25, -0.2) is 4.39 Å². The summed E-state index contributed by atoms with van der Waals surface area (Å²) in [5.74, 6) is -1.93. The molecule has 1 rings (SSSR count). The van der Waals surface area contributed by atoms with Crippen LogP contribution in [0.4, 0.5) is 10.1 Å². The first-order valence-corrected chi connectivity index (χ1v) is 6.39. The predicted molar refractivity (Wildman–Crippen MR) is 74.8 cm³/mol. The van der Waals surface area contributed by atoms with E-state index in [1.807, 2.05) is 26.8 Å². The van der Waals surface area contributed by atoms with E-state index in [4.69, 9.17) is 5.26 Å². The Kier molecular flexibility index (Phi) is 5.09. The Morgan fingerprint density at radius 2 is 2.15 bits per heavy atom. The van der Waals surface area contributed by atoms with Gasteiger partial charge in [-0.15, -0.1) is 0 Å². The maximum atomic E-state index is 13.0. The van der Waals surface area contributed by atoms with Gasteiger partial charge in [-0.2, -0.15) is 5.26 Å². The minimum atomic E-state index is -0.881. The Hall–Kier alpha value is -2.09. The van der Waals surface area contributed by atoms with Crippen molar-refractivity contribution in [1.82, 2.24) is 0 Å². The third-order valence-corrected chi connectivity index (χ3v) is 2.85. The molecule has 0 spiro atoms. The summed E-state index contributed by atoms with van der Waals surface area (Å²) >= 11 is 0. The van der Waals surface area contributed by atoms with Gasteiger partial charge in [-0.3, -0.25) is 4.79 Å². The topological polar surface area (TPSA) is 73.1 Å². The fourth-order valence-corrected chi connectivity index (χ4v) is 1.98. The number of aliphatic carboxylic acids is 1. The second-order valence-electron chi connectivity index (χ2n) is 5.98. The maximum absolute atomic E-state index is 13.0. The molecule has 0 aromatic heterocycles. The largest absolute Gasteiger partial charge is 0.481 e. The molecular weight excluding hydrogens is 259 g/mol. The van der Waals surface area contributed by atoms with Crippen molar-refractivity contribution in [3.8, 4) is 6.07 Å². The average molecular weight is 278 g/mol. The van der Waals surface area contributed by atoms with Crippen LogP contribution in [-0.4, -0.2) is 17.6 Å². The van der Waals surface area contributed by atoms with Gasteiger partial charge < -0.3 is 10.4 Å². The van der Waals surface area contributed by atoms with Gasteiger partial charge in [0.15, 0.2) is 0 Å². The fraction of sp³-hybridized carbons (Fsp3) is 0.467. The Bertz CT molecular complexity index is 530. The van der Waals surface area contributed by atoms with Gasteiger partial charge in [-0.05, 0) is 30.0 Å². The predicted octanol–water partition coefficient (Wildman–Crippen LogP) is 3.25. The van der Waals surface area contributed by atoms with Crippen molar-refractivity contribution in [3.05, 3.63) is 29.6 Å². The monoisotopic (exact) mass is 278 g/mol. The first-order valence-electron chi connectivity index (χ1n) is 6.39. The molecule has 5 heteroatoms. The van der Waals surface area contributed by atoms with Crippen LogP contribution in [0.15, 0.2) is 18.2 Å². The lowest BCUT2D eigenvalue weighted by molar-refractivity contribution is -0.142. The molecular formula is C15H19FN2O2. The van der Waals surface area contributed by atoms with E-state index >= 15 is 0 Å².